The molecule has 0 spiro atoms. The average molecular weight is 734 g/mol. The largest absolute Gasteiger partial charge is 0.468 e. The molecule has 2 atom stereocenters. The summed E-state index contributed by atoms with van der Waals surface area (Å²) in [6.07, 6.45) is 6.83. The zero-order valence-corrected chi connectivity index (χ0v) is 31.3. The summed E-state index contributed by atoms with van der Waals surface area (Å²) in [6.45, 7) is 10.7. The zero-order chi connectivity index (χ0) is 37.3. The topological polar surface area (TPSA) is 108 Å². The second kappa shape index (κ2) is 15.2. The van der Waals surface area contributed by atoms with Crippen molar-refractivity contribution in [2.24, 2.45) is 5.41 Å². The number of methoxy groups -OCH3 is 1. The molecule has 2 aromatic carbocycles. The first-order chi connectivity index (χ1) is 25.5. The lowest BCUT2D eigenvalue weighted by atomic mass is 9.75. The standard InChI is InChI=1S/C40H49F2N5O6/c1-6-27-30(41)12-11-25-20-26(52-24-49-5)21-28(32(25)27)34-33(42)35-29(22-43-34)36(46-15-9-18-50-19-17-46)45-37(44-35)51-23-40-13-7-10-31(40)47(16-8-14-40)38(48)53-39(2,3)4/h11-12,20-22,31H,6-10,13-19,23-24H2,1-5H3/t31-,40-/m1/s1. The van der Waals surface area contributed by atoms with Crippen molar-refractivity contribution in [1.82, 2.24) is 19.9 Å². The second-order valence-corrected chi connectivity index (χ2v) is 15.3. The van der Waals surface area contributed by atoms with Gasteiger partial charge in [0.15, 0.2) is 12.6 Å². The van der Waals surface area contributed by atoms with E-state index in [9.17, 15) is 4.79 Å². The molecule has 0 N–H and O–H groups in total. The van der Waals surface area contributed by atoms with Gasteiger partial charge in [-0.3, -0.25) is 4.98 Å². The fourth-order valence-corrected chi connectivity index (χ4v) is 8.35. The van der Waals surface area contributed by atoms with Crippen LogP contribution in [-0.2, 0) is 20.6 Å². The molecule has 4 aromatic rings. The first-order valence-corrected chi connectivity index (χ1v) is 18.7. The first kappa shape index (κ1) is 37.0. The van der Waals surface area contributed by atoms with E-state index in [0.29, 0.717) is 78.1 Å². The number of hydrogen-bond acceptors (Lipinski definition) is 10. The number of aromatic nitrogens is 3. The molecule has 11 nitrogen and oxygen atoms in total. The van der Waals surface area contributed by atoms with E-state index in [1.165, 1.54) is 13.2 Å². The van der Waals surface area contributed by atoms with E-state index in [4.69, 9.17) is 33.7 Å². The molecule has 53 heavy (non-hydrogen) atoms. The number of rotatable bonds is 9. The molecule has 3 aliphatic rings. The van der Waals surface area contributed by atoms with E-state index >= 15 is 8.78 Å². The number of pyridine rings is 1. The highest BCUT2D eigenvalue weighted by Crippen LogP contribution is 2.48. The lowest BCUT2D eigenvalue weighted by Gasteiger charge is -2.46. The molecule has 13 heteroatoms. The number of piperidine rings is 1. The number of carbonyl (C=O) groups excluding carboxylic acids is 1. The summed E-state index contributed by atoms with van der Waals surface area (Å²) >= 11 is 0. The Kier molecular flexibility index (Phi) is 10.6. The first-order valence-electron chi connectivity index (χ1n) is 18.7. The Balaban J connectivity index is 1.32. The number of benzene rings is 2. The highest BCUT2D eigenvalue weighted by molar-refractivity contribution is 6.01. The predicted molar refractivity (Wildman–Crippen MR) is 197 cm³/mol. The number of ether oxygens (including phenoxy) is 5. The van der Waals surface area contributed by atoms with Crippen molar-refractivity contribution in [1.29, 1.82) is 0 Å². The van der Waals surface area contributed by atoms with Crippen LogP contribution < -0.4 is 14.4 Å². The quantitative estimate of drug-likeness (QED) is 0.158. The van der Waals surface area contributed by atoms with Crippen LogP contribution in [0.2, 0.25) is 0 Å². The van der Waals surface area contributed by atoms with Gasteiger partial charge in [-0.05, 0) is 93.8 Å². The lowest BCUT2D eigenvalue weighted by molar-refractivity contribution is -0.0282. The van der Waals surface area contributed by atoms with E-state index < -0.39 is 11.4 Å². The molecule has 284 valence electrons. The summed E-state index contributed by atoms with van der Waals surface area (Å²) in [7, 11) is 1.52. The van der Waals surface area contributed by atoms with E-state index in [2.05, 4.69) is 9.88 Å². The van der Waals surface area contributed by atoms with Crippen molar-refractivity contribution in [2.75, 3.05) is 58.3 Å². The Bertz CT molecular complexity index is 1980. The molecule has 0 unspecified atom stereocenters. The molecule has 1 aliphatic carbocycles. The van der Waals surface area contributed by atoms with Gasteiger partial charge in [-0.25, -0.2) is 13.6 Å². The molecule has 1 amide bonds. The lowest BCUT2D eigenvalue weighted by Crippen LogP contribution is -2.55. The number of carbonyl (C=O) groups is 1. The van der Waals surface area contributed by atoms with Crippen molar-refractivity contribution in [3.8, 4) is 23.0 Å². The summed E-state index contributed by atoms with van der Waals surface area (Å²) in [6, 6.07) is 6.53. The molecule has 0 bridgehead atoms. The molecule has 3 fully saturated rings. The highest BCUT2D eigenvalue weighted by Gasteiger charge is 2.51. The van der Waals surface area contributed by atoms with Gasteiger partial charge >= 0.3 is 12.1 Å². The van der Waals surface area contributed by atoms with Crippen molar-refractivity contribution < 1.29 is 37.3 Å². The number of aryl methyl sites for hydroxylation is 1. The third kappa shape index (κ3) is 7.42. The van der Waals surface area contributed by atoms with Crippen LogP contribution in [0.15, 0.2) is 30.5 Å². The smallest absolute Gasteiger partial charge is 0.410 e. The van der Waals surface area contributed by atoms with Crippen LogP contribution in [-0.4, -0.2) is 90.9 Å². The molecule has 2 saturated heterocycles. The number of halogens is 2. The van der Waals surface area contributed by atoms with Gasteiger partial charge in [0.1, 0.15) is 34.2 Å². The molecule has 0 radical (unpaired) electrons. The Hall–Kier alpha value is -4.36. The van der Waals surface area contributed by atoms with Crippen molar-refractivity contribution in [3.63, 3.8) is 0 Å². The highest BCUT2D eigenvalue weighted by atomic mass is 19.1. The van der Waals surface area contributed by atoms with Crippen LogP contribution in [0.25, 0.3) is 32.9 Å². The second-order valence-electron chi connectivity index (χ2n) is 15.3. The van der Waals surface area contributed by atoms with Gasteiger partial charge in [0.2, 0.25) is 0 Å². The minimum absolute atomic E-state index is 0.00944. The Morgan fingerprint density at radius 2 is 1.87 bits per heavy atom. The Morgan fingerprint density at radius 1 is 1.04 bits per heavy atom. The van der Waals surface area contributed by atoms with E-state index in [1.54, 1.807) is 24.4 Å². The van der Waals surface area contributed by atoms with Gasteiger partial charge in [0.25, 0.3) is 0 Å². The van der Waals surface area contributed by atoms with E-state index in [-0.39, 0.29) is 54.0 Å². The number of fused-ring (bicyclic) bond motifs is 3. The molecule has 2 aliphatic heterocycles. The number of anilines is 1. The maximum atomic E-state index is 17.2. The summed E-state index contributed by atoms with van der Waals surface area (Å²) in [4.78, 5) is 31.5. The summed E-state index contributed by atoms with van der Waals surface area (Å²) in [5.41, 5.74) is -0.0247. The van der Waals surface area contributed by atoms with Crippen molar-refractivity contribution >= 4 is 33.6 Å². The van der Waals surface area contributed by atoms with Crippen molar-refractivity contribution in [2.45, 2.75) is 84.3 Å². The Morgan fingerprint density at radius 3 is 2.66 bits per heavy atom. The summed E-state index contributed by atoms with van der Waals surface area (Å²) in [5.74, 6) is -0.117. The van der Waals surface area contributed by atoms with Gasteiger partial charge in [-0.2, -0.15) is 9.97 Å². The third-order valence-corrected chi connectivity index (χ3v) is 10.7. The summed E-state index contributed by atoms with van der Waals surface area (Å²) < 4.78 is 61.4. The van der Waals surface area contributed by atoms with Gasteiger partial charge in [-0.1, -0.05) is 19.4 Å². The SMILES string of the molecule is CCc1c(F)ccc2cc(OCOC)cc(-c3ncc4c(N5CCCOCC5)nc(OC[C@]56CCC[C@H]5N(C(=O)OC(C)(C)C)CCC6)nc4c3F)c12. The van der Waals surface area contributed by atoms with E-state index in [0.717, 1.165) is 38.5 Å². The number of nitrogens with zero attached hydrogens (tertiary/aromatic N) is 5. The molecular weight excluding hydrogens is 684 g/mol. The minimum Gasteiger partial charge on any atom is -0.468 e. The van der Waals surface area contributed by atoms with Crippen LogP contribution in [0.4, 0.5) is 19.4 Å². The number of hydrogen-bond donors (Lipinski definition) is 0. The fraction of sp³-hybridized carbons (Fsp3) is 0.550. The van der Waals surface area contributed by atoms with Crippen molar-refractivity contribution in [3.05, 3.63) is 47.7 Å². The normalized spacial score (nSPS) is 20.8. The van der Waals surface area contributed by atoms with Crippen LogP contribution in [0, 0.1) is 17.0 Å². The molecule has 4 heterocycles. The minimum atomic E-state index is -0.677. The van der Waals surface area contributed by atoms with Crippen LogP contribution in [0.5, 0.6) is 11.8 Å². The number of likely N-dealkylation sites (tertiary alicyclic amines) is 1. The zero-order valence-electron chi connectivity index (χ0n) is 31.3. The third-order valence-electron chi connectivity index (χ3n) is 10.7. The van der Waals surface area contributed by atoms with Crippen LogP contribution in [0.1, 0.15) is 71.8 Å². The average Bonchev–Trinajstić information content (AvgIpc) is 3.38. The summed E-state index contributed by atoms with van der Waals surface area (Å²) in [5, 5.41) is 1.67. The number of amides is 1. The maximum Gasteiger partial charge on any atom is 0.410 e. The molecule has 7 rings (SSSR count). The van der Waals surface area contributed by atoms with Gasteiger partial charge in [0.05, 0.1) is 18.6 Å². The van der Waals surface area contributed by atoms with Crippen LogP contribution in [0.3, 0.4) is 0 Å². The predicted octanol–water partition coefficient (Wildman–Crippen LogP) is 7.84. The Labute approximate surface area is 308 Å². The molecular formula is C40H49F2N5O6. The van der Waals surface area contributed by atoms with Gasteiger partial charge < -0.3 is 33.5 Å². The van der Waals surface area contributed by atoms with Crippen LogP contribution >= 0.6 is 0 Å². The van der Waals surface area contributed by atoms with Gasteiger partial charge in [0, 0.05) is 56.6 Å². The van der Waals surface area contributed by atoms with E-state index in [1.807, 2.05) is 32.6 Å². The maximum absolute atomic E-state index is 17.2. The monoisotopic (exact) mass is 733 g/mol. The van der Waals surface area contributed by atoms with Gasteiger partial charge in [-0.15, -0.1) is 0 Å². The molecule has 2 aromatic heterocycles. The molecule has 1 saturated carbocycles. The fourth-order valence-electron chi connectivity index (χ4n) is 8.35.